The number of aromatic hydroxyl groups is 1. The first-order valence-electron chi connectivity index (χ1n) is 5.43. The van der Waals surface area contributed by atoms with Crippen molar-refractivity contribution in [1.29, 1.82) is 0 Å². The highest BCUT2D eigenvalue weighted by atomic mass is 35.5. The Kier molecular flexibility index (Phi) is 3.80. The Hall–Kier alpha value is -2.06. The summed E-state index contributed by atoms with van der Waals surface area (Å²) in [6, 6.07) is 13.5. The molecule has 18 heavy (non-hydrogen) atoms. The topological polar surface area (TPSA) is 37.3 Å². The molecule has 90 valence electrons. The van der Waals surface area contributed by atoms with E-state index < -0.39 is 0 Å². The van der Waals surface area contributed by atoms with Gasteiger partial charge in [0.05, 0.1) is 0 Å². The Bertz CT molecular complexity index is 603. The third-order valence-electron chi connectivity index (χ3n) is 2.45. The van der Waals surface area contributed by atoms with Crippen molar-refractivity contribution in [2.24, 2.45) is 0 Å². The quantitative estimate of drug-likeness (QED) is 0.669. The minimum absolute atomic E-state index is 0.0759. The lowest BCUT2D eigenvalue weighted by atomic mass is 10.1. The fourth-order valence-electron chi connectivity index (χ4n) is 1.53. The van der Waals surface area contributed by atoms with Gasteiger partial charge in [0.15, 0.2) is 5.78 Å². The molecule has 1 N–H and O–H groups in total. The van der Waals surface area contributed by atoms with Crippen LogP contribution >= 0.6 is 11.6 Å². The third-order valence-corrected chi connectivity index (χ3v) is 2.79. The van der Waals surface area contributed by atoms with Crippen LogP contribution in [0.25, 0.3) is 6.08 Å². The number of halogens is 1. The summed E-state index contributed by atoms with van der Waals surface area (Å²) in [5.74, 6) is -0.0992. The smallest absolute Gasteiger partial charge is 0.185 e. The number of benzene rings is 2. The Morgan fingerprint density at radius 2 is 1.89 bits per heavy atom. The molecule has 0 aliphatic carbocycles. The zero-order chi connectivity index (χ0) is 13.0. The predicted octanol–water partition coefficient (Wildman–Crippen LogP) is 3.94. The molecule has 0 aliphatic rings. The molecule has 0 radical (unpaired) electrons. The lowest BCUT2D eigenvalue weighted by Crippen LogP contribution is -1.93. The van der Waals surface area contributed by atoms with Crippen LogP contribution in [0.1, 0.15) is 15.9 Å². The second-order valence-electron chi connectivity index (χ2n) is 3.77. The van der Waals surface area contributed by atoms with Crippen molar-refractivity contribution in [3.05, 3.63) is 70.8 Å². The number of carbonyl (C=O) groups excluding carboxylic acids is 1. The highest BCUT2D eigenvalue weighted by molar-refractivity contribution is 6.32. The van der Waals surface area contributed by atoms with Gasteiger partial charge in [-0.05, 0) is 35.9 Å². The van der Waals surface area contributed by atoms with E-state index >= 15 is 0 Å². The van der Waals surface area contributed by atoms with Crippen LogP contribution in [-0.2, 0) is 0 Å². The molecule has 0 unspecified atom stereocenters. The van der Waals surface area contributed by atoms with Crippen LogP contribution in [-0.4, -0.2) is 10.9 Å². The molecule has 2 rings (SSSR count). The summed E-state index contributed by atoms with van der Waals surface area (Å²) in [5, 5.41) is 9.89. The molecule has 0 aromatic heterocycles. The molecule has 2 aromatic carbocycles. The molecule has 0 spiro atoms. The maximum absolute atomic E-state index is 11.8. The maximum atomic E-state index is 11.8. The van der Waals surface area contributed by atoms with Crippen molar-refractivity contribution in [2.45, 2.75) is 0 Å². The summed E-state index contributed by atoms with van der Waals surface area (Å²) in [4.78, 5) is 11.8. The number of hydrogen-bond donors (Lipinski definition) is 1. The van der Waals surface area contributed by atoms with Crippen LogP contribution in [0.15, 0.2) is 54.6 Å². The molecule has 0 amide bonds. The Morgan fingerprint density at radius 3 is 2.61 bits per heavy atom. The molecule has 0 bridgehead atoms. The van der Waals surface area contributed by atoms with Crippen LogP contribution in [0.3, 0.4) is 0 Å². The van der Waals surface area contributed by atoms with Crippen molar-refractivity contribution in [2.75, 3.05) is 0 Å². The summed E-state index contributed by atoms with van der Waals surface area (Å²) in [6.07, 6.45) is 3.10. The van der Waals surface area contributed by atoms with Crippen LogP contribution in [0.2, 0.25) is 5.02 Å². The van der Waals surface area contributed by atoms with Crippen molar-refractivity contribution in [3.8, 4) is 5.75 Å². The number of hydrogen-bond acceptors (Lipinski definition) is 2. The fourth-order valence-corrected chi connectivity index (χ4v) is 1.73. The van der Waals surface area contributed by atoms with Crippen molar-refractivity contribution in [1.82, 2.24) is 0 Å². The van der Waals surface area contributed by atoms with Crippen LogP contribution < -0.4 is 0 Å². The van der Waals surface area contributed by atoms with Gasteiger partial charge in [-0.3, -0.25) is 4.79 Å². The van der Waals surface area contributed by atoms with Crippen molar-refractivity contribution in [3.63, 3.8) is 0 Å². The molecule has 0 heterocycles. The van der Waals surface area contributed by atoms with Gasteiger partial charge in [-0.2, -0.15) is 0 Å². The van der Waals surface area contributed by atoms with Crippen molar-refractivity contribution < 1.29 is 9.90 Å². The molecule has 3 heteroatoms. The average molecular weight is 259 g/mol. The molecule has 0 saturated heterocycles. The molecule has 0 atom stereocenters. The van der Waals surface area contributed by atoms with Gasteiger partial charge in [-0.25, -0.2) is 0 Å². The summed E-state index contributed by atoms with van der Waals surface area (Å²) in [7, 11) is 0. The third kappa shape index (κ3) is 2.99. The largest absolute Gasteiger partial charge is 0.508 e. The first-order chi connectivity index (χ1) is 8.66. The number of phenols is 1. The van der Waals surface area contributed by atoms with Gasteiger partial charge in [-0.1, -0.05) is 41.9 Å². The molecule has 2 aromatic rings. The number of phenolic OH excluding ortho intramolecular Hbond substituents is 1. The Morgan fingerprint density at radius 1 is 1.11 bits per heavy atom. The first kappa shape index (κ1) is 12.4. The average Bonchev–Trinajstić information content (AvgIpc) is 2.37. The summed E-state index contributed by atoms with van der Waals surface area (Å²) >= 11 is 5.98. The second-order valence-corrected chi connectivity index (χ2v) is 4.18. The van der Waals surface area contributed by atoms with E-state index in [9.17, 15) is 9.90 Å². The highest BCUT2D eigenvalue weighted by Crippen LogP contribution is 2.17. The number of ketones is 1. The molecular formula is C15H11ClO2. The molecule has 2 nitrogen and oxygen atoms in total. The minimum Gasteiger partial charge on any atom is -0.508 e. The van der Waals surface area contributed by atoms with Gasteiger partial charge in [0, 0.05) is 10.6 Å². The first-order valence-corrected chi connectivity index (χ1v) is 5.80. The summed E-state index contributed by atoms with van der Waals surface area (Å²) in [5.41, 5.74) is 1.23. The Balaban J connectivity index is 2.20. The van der Waals surface area contributed by atoms with Gasteiger partial charge in [0.25, 0.3) is 0 Å². The normalized spacial score (nSPS) is 10.7. The van der Waals surface area contributed by atoms with Gasteiger partial charge in [0.2, 0.25) is 0 Å². The van der Waals surface area contributed by atoms with E-state index in [2.05, 4.69) is 0 Å². The molecule has 0 aliphatic heterocycles. The fraction of sp³-hybridized carbons (Fsp3) is 0. The van der Waals surface area contributed by atoms with Gasteiger partial charge >= 0.3 is 0 Å². The molecule has 0 saturated carbocycles. The lowest BCUT2D eigenvalue weighted by Gasteiger charge is -1.98. The van der Waals surface area contributed by atoms with E-state index in [4.69, 9.17) is 11.6 Å². The van der Waals surface area contributed by atoms with Crippen LogP contribution in [0.5, 0.6) is 5.75 Å². The van der Waals surface area contributed by atoms with E-state index in [0.29, 0.717) is 10.6 Å². The number of rotatable bonds is 3. The van der Waals surface area contributed by atoms with Crippen LogP contribution in [0.4, 0.5) is 0 Å². The van der Waals surface area contributed by atoms with Crippen LogP contribution in [0, 0.1) is 0 Å². The standard InChI is InChI=1S/C15H11ClO2/c16-14-7-2-1-4-11(14)8-9-15(18)12-5-3-6-13(17)10-12/h1-10,17H. The SMILES string of the molecule is O=C(C=Cc1ccccc1Cl)c1cccc(O)c1. The number of carbonyl (C=O) groups is 1. The lowest BCUT2D eigenvalue weighted by molar-refractivity contribution is 0.104. The zero-order valence-corrected chi connectivity index (χ0v) is 10.3. The van der Waals surface area contributed by atoms with Gasteiger partial charge in [0.1, 0.15) is 5.75 Å². The van der Waals surface area contributed by atoms with Crippen molar-refractivity contribution >= 4 is 23.5 Å². The zero-order valence-electron chi connectivity index (χ0n) is 9.51. The maximum Gasteiger partial charge on any atom is 0.185 e. The summed E-state index contributed by atoms with van der Waals surface area (Å²) < 4.78 is 0. The summed E-state index contributed by atoms with van der Waals surface area (Å²) in [6.45, 7) is 0. The van der Waals surface area contributed by atoms with E-state index in [1.807, 2.05) is 18.2 Å². The van der Waals surface area contributed by atoms with Gasteiger partial charge < -0.3 is 5.11 Å². The van der Waals surface area contributed by atoms with Gasteiger partial charge in [-0.15, -0.1) is 0 Å². The highest BCUT2D eigenvalue weighted by Gasteiger charge is 2.02. The van der Waals surface area contributed by atoms with E-state index in [0.717, 1.165) is 5.56 Å². The monoisotopic (exact) mass is 258 g/mol. The second kappa shape index (κ2) is 5.52. The van der Waals surface area contributed by atoms with E-state index in [-0.39, 0.29) is 11.5 Å². The number of allylic oxidation sites excluding steroid dienone is 1. The van der Waals surface area contributed by atoms with E-state index in [1.165, 1.54) is 18.2 Å². The molecular weight excluding hydrogens is 248 g/mol. The Labute approximate surface area is 110 Å². The van der Waals surface area contributed by atoms with E-state index in [1.54, 1.807) is 24.3 Å². The molecule has 0 fully saturated rings. The minimum atomic E-state index is -0.175. The predicted molar refractivity (Wildman–Crippen MR) is 72.9 cm³/mol.